The van der Waals surface area contributed by atoms with Gasteiger partial charge in [0.05, 0.1) is 57.8 Å². The Balaban J connectivity index is 1.18. The summed E-state index contributed by atoms with van der Waals surface area (Å²) in [4.78, 5) is 35.9. The Bertz CT molecular complexity index is 2300. The van der Waals surface area contributed by atoms with Crippen LogP contribution in [0.15, 0.2) is 85.2 Å². The zero-order valence-electron chi connectivity index (χ0n) is 27.6. The third kappa shape index (κ3) is 7.62. The molecule has 6 rings (SSSR count). The third-order valence-corrected chi connectivity index (χ3v) is 8.54. The molecule has 51 heavy (non-hydrogen) atoms. The number of pyridine rings is 2. The minimum absolute atomic E-state index is 0.0931. The lowest BCUT2D eigenvalue weighted by Gasteiger charge is -2.18. The number of hydrogen-bond acceptors (Lipinski definition) is 10. The largest absolute Gasteiger partial charge is 0.496 e. The van der Waals surface area contributed by atoms with Crippen LogP contribution in [0.25, 0.3) is 21.8 Å². The van der Waals surface area contributed by atoms with E-state index in [0.717, 1.165) is 0 Å². The quantitative estimate of drug-likeness (QED) is 0.0985. The number of nitrogen functional groups attached to an aromatic ring is 2. The third-order valence-electron chi connectivity index (χ3n) is 7.88. The van der Waals surface area contributed by atoms with E-state index in [1.165, 1.54) is 14.2 Å². The van der Waals surface area contributed by atoms with Crippen LogP contribution in [-0.4, -0.2) is 48.6 Å². The molecule has 1 unspecified atom stereocenters. The normalized spacial score (nSPS) is 11.5. The number of fused-ring (bicyclic) bond motifs is 2. The van der Waals surface area contributed by atoms with E-state index in [0.29, 0.717) is 77.7 Å². The van der Waals surface area contributed by atoms with Crippen molar-refractivity contribution >= 4 is 68.2 Å². The van der Waals surface area contributed by atoms with Gasteiger partial charge >= 0.3 is 0 Å². The highest BCUT2D eigenvalue weighted by Gasteiger charge is 2.21. The Hall–Kier alpha value is -5.98. The predicted octanol–water partition coefficient (Wildman–Crippen LogP) is 7.40. The van der Waals surface area contributed by atoms with Crippen LogP contribution >= 0.6 is 23.2 Å². The molecule has 2 aromatic heterocycles. The van der Waals surface area contributed by atoms with Crippen LogP contribution < -0.4 is 41.0 Å². The molecule has 0 aliphatic rings. The molecule has 6 N–H and O–H groups in total. The number of nitrogens with zero attached hydrogens (tertiary/aromatic N) is 2. The molecular weight excluding hydrogens is 695 g/mol. The van der Waals surface area contributed by atoms with Gasteiger partial charge in [0.25, 0.3) is 11.8 Å². The van der Waals surface area contributed by atoms with E-state index in [4.69, 9.17) is 53.6 Å². The summed E-state index contributed by atoms with van der Waals surface area (Å²) in [5.41, 5.74) is 14.1. The number of hydrogen-bond donors (Lipinski definition) is 4. The number of anilines is 2. The van der Waals surface area contributed by atoms with Crippen LogP contribution in [-0.2, 0) is 0 Å². The fourth-order valence-corrected chi connectivity index (χ4v) is 5.60. The number of benzene rings is 4. The van der Waals surface area contributed by atoms with Crippen LogP contribution in [0.2, 0.25) is 10.0 Å². The number of aromatic nitrogens is 2. The lowest BCUT2D eigenvalue weighted by molar-refractivity contribution is 0.0909. The summed E-state index contributed by atoms with van der Waals surface area (Å²) >= 11 is 12.4. The first kappa shape index (κ1) is 34.9. The standard InChI is InChI=1S/C37H32Cl2N6O6/c1-19(45-37(47)25-15-23-31(17-35(25)49-3)43-11-9-33(23)51-21-5-7-29(41)27(39)13-21)18-44-36(46)24-14-22-30(16-34(24)48-2)42-10-8-32(22)50-20-4-6-28(40)26(38)12-20/h4-17,19H,18,40-41H2,1-3H3,(H,44,46)(H,45,47). The maximum atomic E-state index is 13.6. The van der Waals surface area contributed by atoms with Crippen LogP contribution in [0.5, 0.6) is 34.5 Å². The molecule has 0 fully saturated rings. The van der Waals surface area contributed by atoms with Crippen molar-refractivity contribution in [2.24, 2.45) is 0 Å². The number of nitrogens with one attached hydrogen (secondary N) is 2. The number of ether oxygens (including phenoxy) is 4. The molecule has 0 saturated heterocycles. The molecule has 14 heteroatoms. The summed E-state index contributed by atoms with van der Waals surface area (Å²) in [5.74, 6) is 1.58. The van der Waals surface area contributed by atoms with E-state index in [1.54, 1.807) is 92.1 Å². The summed E-state index contributed by atoms with van der Waals surface area (Å²) in [7, 11) is 2.93. The number of carbonyl (C=O) groups excluding carboxylic acids is 2. The molecule has 0 radical (unpaired) electrons. The fraction of sp³-hybridized carbons (Fsp3) is 0.135. The van der Waals surface area contributed by atoms with Crippen LogP contribution in [0.3, 0.4) is 0 Å². The molecule has 260 valence electrons. The van der Waals surface area contributed by atoms with E-state index < -0.39 is 17.9 Å². The maximum Gasteiger partial charge on any atom is 0.255 e. The highest BCUT2D eigenvalue weighted by atomic mass is 35.5. The molecule has 2 heterocycles. The molecule has 2 amide bonds. The minimum Gasteiger partial charge on any atom is -0.496 e. The zero-order chi connectivity index (χ0) is 36.2. The molecule has 12 nitrogen and oxygen atoms in total. The van der Waals surface area contributed by atoms with Gasteiger partial charge in [-0.3, -0.25) is 19.6 Å². The molecule has 6 aromatic rings. The maximum absolute atomic E-state index is 13.6. The average Bonchev–Trinajstić information content (AvgIpc) is 3.12. The van der Waals surface area contributed by atoms with E-state index in [9.17, 15) is 9.59 Å². The van der Waals surface area contributed by atoms with Crippen LogP contribution in [0.1, 0.15) is 27.6 Å². The Morgan fingerprint density at radius 3 is 1.61 bits per heavy atom. The van der Waals surface area contributed by atoms with Gasteiger partial charge in [-0.15, -0.1) is 0 Å². The van der Waals surface area contributed by atoms with Crippen molar-refractivity contribution < 1.29 is 28.5 Å². The molecule has 0 spiro atoms. The Kier molecular flexibility index (Phi) is 10.2. The van der Waals surface area contributed by atoms with Crippen molar-refractivity contribution in [3.05, 3.63) is 106 Å². The molecule has 0 saturated carbocycles. The van der Waals surface area contributed by atoms with Gasteiger partial charge < -0.3 is 41.0 Å². The van der Waals surface area contributed by atoms with Crippen molar-refractivity contribution in [2.75, 3.05) is 32.2 Å². The number of rotatable bonds is 11. The van der Waals surface area contributed by atoms with Crippen molar-refractivity contribution in [1.29, 1.82) is 0 Å². The van der Waals surface area contributed by atoms with Crippen LogP contribution in [0, 0.1) is 0 Å². The van der Waals surface area contributed by atoms with E-state index >= 15 is 0 Å². The topological polar surface area (TPSA) is 173 Å². The van der Waals surface area contributed by atoms with Gasteiger partial charge in [-0.2, -0.15) is 0 Å². The molecular formula is C37H32Cl2N6O6. The summed E-state index contributed by atoms with van der Waals surface area (Å²) in [6.45, 7) is 1.85. The molecule has 1 atom stereocenters. The number of amides is 2. The summed E-state index contributed by atoms with van der Waals surface area (Å²) in [5, 5.41) is 7.63. The Morgan fingerprint density at radius 1 is 0.686 bits per heavy atom. The Morgan fingerprint density at radius 2 is 1.16 bits per heavy atom. The van der Waals surface area contributed by atoms with Gasteiger partial charge in [-0.25, -0.2) is 0 Å². The van der Waals surface area contributed by atoms with Crippen molar-refractivity contribution in [2.45, 2.75) is 13.0 Å². The van der Waals surface area contributed by atoms with Gasteiger partial charge in [0.15, 0.2) is 0 Å². The van der Waals surface area contributed by atoms with Gasteiger partial charge in [-0.05, 0) is 55.5 Å². The second kappa shape index (κ2) is 14.9. The van der Waals surface area contributed by atoms with Crippen molar-refractivity contribution in [3.8, 4) is 34.5 Å². The number of halogens is 2. The number of nitrogens with two attached hydrogens (primary N) is 2. The van der Waals surface area contributed by atoms with E-state index in [2.05, 4.69) is 20.6 Å². The summed E-state index contributed by atoms with van der Waals surface area (Å²) < 4.78 is 23.2. The second-order valence-corrected chi connectivity index (χ2v) is 12.2. The minimum atomic E-state index is -0.495. The lowest BCUT2D eigenvalue weighted by Crippen LogP contribution is -2.42. The van der Waals surface area contributed by atoms with Gasteiger partial charge in [-0.1, -0.05) is 23.2 Å². The van der Waals surface area contributed by atoms with Gasteiger partial charge in [0, 0.05) is 60.0 Å². The SMILES string of the molecule is COc1cc2nccc(Oc3ccc(N)c(Cl)c3)c2cc1C(=O)NCC(C)NC(=O)c1cc2c(Oc3ccc(N)c(Cl)c3)ccnc2cc1OC. The van der Waals surface area contributed by atoms with Gasteiger partial charge in [0.2, 0.25) is 0 Å². The summed E-state index contributed by atoms with van der Waals surface area (Å²) in [6, 6.07) is 19.3. The van der Waals surface area contributed by atoms with Crippen molar-refractivity contribution in [1.82, 2.24) is 20.6 Å². The zero-order valence-corrected chi connectivity index (χ0v) is 29.1. The number of carbonyl (C=O) groups is 2. The fourth-order valence-electron chi connectivity index (χ4n) is 5.26. The molecule has 4 aromatic carbocycles. The predicted molar refractivity (Wildman–Crippen MR) is 198 cm³/mol. The first-order valence-corrected chi connectivity index (χ1v) is 16.3. The lowest BCUT2D eigenvalue weighted by atomic mass is 10.1. The van der Waals surface area contributed by atoms with Crippen LogP contribution in [0.4, 0.5) is 11.4 Å². The smallest absolute Gasteiger partial charge is 0.255 e. The van der Waals surface area contributed by atoms with E-state index in [-0.39, 0.29) is 17.7 Å². The molecule has 0 aliphatic carbocycles. The highest BCUT2D eigenvalue weighted by molar-refractivity contribution is 6.33. The highest BCUT2D eigenvalue weighted by Crippen LogP contribution is 2.36. The van der Waals surface area contributed by atoms with E-state index in [1.807, 2.05) is 0 Å². The first-order valence-electron chi connectivity index (χ1n) is 15.5. The monoisotopic (exact) mass is 726 g/mol. The molecule has 0 aliphatic heterocycles. The molecule has 0 bridgehead atoms. The Labute approximate surface area is 302 Å². The number of methoxy groups -OCH3 is 2. The first-order chi connectivity index (χ1) is 24.5. The average molecular weight is 728 g/mol. The summed E-state index contributed by atoms with van der Waals surface area (Å²) in [6.07, 6.45) is 3.18. The van der Waals surface area contributed by atoms with Gasteiger partial charge in [0.1, 0.15) is 34.5 Å². The van der Waals surface area contributed by atoms with Crippen molar-refractivity contribution in [3.63, 3.8) is 0 Å². The second-order valence-electron chi connectivity index (χ2n) is 11.4.